The third-order valence-corrected chi connectivity index (χ3v) is 3.02. The summed E-state index contributed by atoms with van der Waals surface area (Å²) in [5, 5.41) is 8.28. The van der Waals surface area contributed by atoms with Crippen LogP contribution in [0.4, 0.5) is 0 Å². The molecule has 2 rings (SSSR count). The first-order chi connectivity index (χ1) is 6.77. The van der Waals surface area contributed by atoms with Crippen molar-refractivity contribution in [2.75, 3.05) is 0 Å². The van der Waals surface area contributed by atoms with Gasteiger partial charge in [-0.05, 0) is 36.1 Å². The van der Waals surface area contributed by atoms with Crippen molar-refractivity contribution in [2.45, 2.75) is 26.0 Å². The molecule has 74 valence electrons. The molecule has 0 unspecified atom stereocenters. The van der Waals surface area contributed by atoms with Crippen LogP contribution in [0.15, 0.2) is 12.3 Å². The lowest BCUT2D eigenvalue weighted by Gasteiger charge is -2.10. The zero-order chi connectivity index (χ0) is 10.1. The summed E-state index contributed by atoms with van der Waals surface area (Å²) < 4.78 is 0. The van der Waals surface area contributed by atoms with Crippen LogP contribution in [0.25, 0.3) is 10.9 Å². The van der Waals surface area contributed by atoms with Gasteiger partial charge < -0.3 is 0 Å². The first-order valence-corrected chi connectivity index (χ1v) is 5.46. The topological polar surface area (TPSA) is 28.7 Å². The van der Waals surface area contributed by atoms with Crippen LogP contribution in [0.1, 0.15) is 23.6 Å². The fraction of sp³-hybridized carbons (Fsp3) is 0.364. The summed E-state index contributed by atoms with van der Waals surface area (Å²) in [7, 11) is 0. The quantitative estimate of drug-likeness (QED) is 0.727. The largest absolute Gasteiger partial charge is 0.278 e. The summed E-state index contributed by atoms with van der Waals surface area (Å²) >= 11 is 4.39. The Bertz CT molecular complexity index is 460. The number of benzene rings is 1. The van der Waals surface area contributed by atoms with E-state index in [2.05, 4.69) is 42.7 Å². The van der Waals surface area contributed by atoms with Gasteiger partial charge in [0.2, 0.25) is 0 Å². The number of thiol groups is 1. The summed E-state index contributed by atoms with van der Waals surface area (Å²) in [5.74, 6) is 0.779. The minimum absolute atomic E-state index is 0.779. The first-order valence-electron chi connectivity index (χ1n) is 4.83. The van der Waals surface area contributed by atoms with Crippen molar-refractivity contribution >= 4 is 23.5 Å². The smallest absolute Gasteiger partial charge is 0.0656 e. The monoisotopic (exact) mass is 206 g/mol. The van der Waals surface area contributed by atoms with Crippen molar-refractivity contribution in [3.05, 3.63) is 29.0 Å². The standard InChI is InChI=1S/C11H14N2S/c1-3-8-7(2)4-11-9(5-12-13-11)10(8)6-14/h4-5,14H,3,6H2,1-2H3,(H,12,13). The lowest BCUT2D eigenvalue weighted by molar-refractivity contribution is 1.08. The summed E-state index contributed by atoms with van der Waals surface area (Å²) in [6.07, 6.45) is 2.95. The fourth-order valence-corrected chi connectivity index (χ4v) is 2.38. The van der Waals surface area contributed by atoms with Crippen LogP contribution in [0, 0.1) is 6.92 Å². The second-order valence-electron chi connectivity index (χ2n) is 3.49. The van der Waals surface area contributed by atoms with Gasteiger partial charge in [-0.15, -0.1) is 0 Å². The molecule has 14 heavy (non-hydrogen) atoms. The molecule has 0 saturated heterocycles. The highest BCUT2D eigenvalue weighted by molar-refractivity contribution is 7.79. The highest BCUT2D eigenvalue weighted by atomic mass is 32.1. The van der Waals surface area contributed by atoms with Crippen LogP contribution in [0.3, 0.4) is 0 Å². The molecule has 0 aliphatic carbocycles. The van der Waals surface area contributed by atoms with Gasteiger partial charge in [0.1, 0.15) is 0 Å². The maximum Gasteiger partial charge on any atom is 0.0656 e. The number of fused-ring (bicyclic) bond motifs is 1. The van der Waals surface area contributed by atoms with Gasteiger partial charge in [0.25, 0.3) is 0 Å². The predicted molar refractivity (Wildman–Crippen MR) is 62.9 cm³/mol. The Hall–Kier alpha value is -0.960. The molecule has 0 saturated carbocycles. The molecule has 2 aromatic rings. The number of nitrogens with one attached hydrogen (secondary N) is 1. The molecule has 0 amide bonds. The summed E-state index contributed by atoms with van der Waals surface area (Å²) in [6.45, 7) is 4.33. The third kappa shape index (κ3) is 1.32. The Morgan fingerprint density at radius 2 is 2.21 bits per heavy atom. The van der Waals surface area contributed by atoms with E-state index in [1.807, 2.05) is 6.20 Å². The number of H-pyrrole nitrogens is 1. The molecule has 0 fully saturated rings. The SMILES string of the molecule is CCc1c(C)cc2[nH]ncc2c1CS. The van der Waals surface area contributed by atoms with Crippen LogP contribution in [-0.2, 0) is 12.2 Å². The van der Waals surface area contributed by atoms with Crippen molar-refractivity contribution in [1.82, 2.24) is 10.2 Å². The van der Waals surface area contributed by atoms with Crippen LogP contribution in [-0.4, -0.2) is 10.2 Å². The van der Waals surface area contributed by atoms with Crippen molar-refractivity contribution in [3.63, 3.8) is 0 Å². The number of hydrogen-bond acceptors (Lipinski definition) is 2. The van der Waals surface area contributed by atoms with Gasteiger partial charge in [-0.1, -0.05) is 6.92 Å². The number of hydrogen-bond donors (Lipinski definition) is 2. The van der Waals surface area contributed by atoms with E-state index in [1.54, 1.807) is 0 Å². The van der Waals surface area contributed by atoms with Crippen LogP contribution < -0.4 is 0 Å². The van der Waals surface area contributed by atoms with E-state index in [4.69, 9.17) is 0 Å². The first kappa shape index (κ1) is 9.59. The molecule has 0 spiro atoms. The lowest BCUT2D eigenvalue weighted by atomic mass is 9.97. The van der Waals surface area contributed by atoms with Crippen molar-refractivity contribution < 1.29 is 0 Å². The number of aromatic amines is 1. The summed E-state index contributed by atoms with van der Waals surface area (Å²) in [5.41, 5.74) is 5.17. The van der Waals surface area contributed by atoms with E-state index in [0.717, 1.165) is 17.7 Å². The minimum Gasteiger partial charge on any atom is -0.278 e. The van der Waals surface area contributed by atoms with Gasteiger partial charge in [0.05, 0.1) is 11.7 Å². The van der Waals surface area contributed by atoms with E-state index in [1.165, 1.54) is 22.1 Å². The second kappa shape index (κ2) is 3.65. The van der Waals surface area contributed by atoms with Gasteiger partial charge in [-0.3, -0.25) is 5.10 Å². The number of rotatable bonds is 2. The van der Waals surface area contributed by atoms with E-state index in [0.29, 0.717) is 0 Å². The molecule has 2 nitrogen and oxygen atoms in total. The molecule has 1 N–H and O–H groups in total. The molecule has 1 aromatic carbocycles. The van der Waals surface area contributed by atoms with Crippen molar-refractivity contribution in [3.8, 4) is 0 Å². The molecular weight excluding hydrogens is 192 g/mol. The van der Waals surface area contributed by atoms with E-state index < -0.39 is 0 Å². The zero-order valence-corrected chi connectivity index (χ0v) is 9.36. The number of nitrogens with zero attached hydrogens (tertiary/aromatic N) is 1. The van der Waals surface area contributed by atoms with E-state index >= 15 is 0 Å². The van der Waals surface area contributed by atoms with Gasteiger partial charge >= 0.3 is 0 Å². The maximum atomic E-state index is 4.39. The normalized spacial score (nSPS) is 11.1. The molecule has 0 aliphatic rings. The molecule has 0 bridgehead atoms. The zero-order valence-electron chi connectivity index (χ0n) is 8.46. The Morgan fingerprint density at radius 3 is 2.86 bits per heavy atom. The summed E-state index contributed by atoms with van der Waals surface area (Å²) in [6, 6.07) is 2.16. The molecule has 3 heteroatoms. The molecule has 0 atom stereocenters. The number of aryl methyl sites for hydroxylation is 1. The predicted octanol–water partition coefficient (Wildman–Crippen LogP) is 2.86. The Morgan fingerprint density at radius 1 is 1.43 bits per heavy atom. The maximum absolute atomic E-state index is 4.39. The number of aromatic nitrogens is 2. The van der Waals surface area contributed by atoms with Gasteiger partial charge in [0, 0.05) is 11.1 Å². The average molecular weight is 206 g/mol. The molecule has 0 radical (unpaired) electrons. The fourth-order valence-electron chi connectivity index (χ4n) is 2.02. The van der Waals surface area contributed by atoms with E-state index in [-0.39, 0.29) is 0 Å². The van der Waals surface area contributed by atoms with Crippen LogP contribution in [0.2, 0.25) is 0 Å². The Labute approximate surface area is 89.1 Å². The molecule has 1 aromatic heterocycles. The van der Waals surface area contributed by atoms with Crippen LogP contribution in [0.5, 0.6) is 0 Å². The third-order valence-electron chi connectivity index (χ3n) is 2.71. The van der Waals surface area contributed by atoms with Crippen LogP contribution >= 0.6 is 12.6 Å². The molecular formula is C11H14N2S. The van der Waals surface area contributed by atoms with Crippen molar-refractivity contribution in [1.29, 1.82) is 0 Å². The lowest BCUT2D eigenvalue weighted by Crippen LogP contribution is -1.94. The molecule has 1 heterocycles. The van der Waals surface area contributed by atoms with Gasteiger partial charge in [0.15, 0.2) is 0 Å². The summed E-state index contributed by atoms with van der Waals surface area (Å²) in [4.78, 5) is 0. The molecule has 0 aliphatic heterocycles. The highest BCUT2D eigenvalue weighted by Gasteiger charge is 2.09. The van der Waals surface area contributed by atoms with Gasteiger partial charge in [-0.25, -0.2) is 0 Å². The van der Waals surface area contributed by atoms with Gasteiger partial charge in [-0.2, -0.15) is 17.7 Å². The second-order valence-corrected chi connectivity index (χ2v) is 3.81. The van der Waals surface area contributed by atoms with Crippen molar-refractivity contribution in [2.24, 2.45) is 0 Å². The Balaban J connectivity index is 2.82. The highest BCUT2D eigenvalue weighted by Crippen LogP contribution is 2.26. The minimum atomic E-state index is 0.779. The van der Waals surface area contributed by atoms with E-state index in [9.17, 15) is 0 Å². The average Bonchev–Trinajstić information content (AvgIpc) is 2.62. The Kier molecular flexibility index (Phi) is 2.50.